The smallest absolute Gasteiger partial charge is 0.147 e. The number of ether oxygens (including phenoxy) is 2. The molecule has 0 aromatic heterocycles. The van der Waals surface area contributed by atoms with E-state index >= 15 is 0 Å². The van der Waals surface area contributed by atoms with Gasteiger partial charge in [0.2, 0.25) is 0 Å². The molecule has 1 saturated carbocycles. The van der Waals surface area contributed by atoms with E-state index in [9.17, 15) is 0 Å². The molecule has 2 aliphatic rings. The minimum absolute atomic E-state index is 0.529. The molecule has 2 atom stereocenters. The fourth-order valence-electron chi connectivity index (χ4n) is 1.92. The molecule has 0 unspecified atom stereocenters. The van der Waals surface area contributed by atoms with Gasteiger partial charge in [-0.15, -0.1) is 0 Å². The molecular weight excluding hydrogens is 128 g/mol. The van der Waals surface area contributed by atoms with E-state index in [2.05, 4.69) is 0 Å². The molecule has 1 saturated heterocycles. The van der Waals surface area contributed by atoms with Crippen LogP contribution in [0.15, 0.2) is 0 Å². The predicted octanol–water partition coefficient (Wildman–Crippen LogP) is 1.55. The van der Waals surface area contributed by atoms with Crippen LogP contribution in [0, 0.1) is 5.92 Å². The lowest BCUT2D eigenvalue weighted by Gasteiger charge is -2.34. The van der Waals surface area contributed by atoms with Crippen LogP contribution >= 0.6 is 0 Å². The first kappa shape index (κ1) is 6.62. The van der Waals surface area contributed by atoms with Crippen LogP contribution in [-0.4, -0.2) is 19.5 Å². The Bertz CT molecular complexity index is 87.8. The first-order chi connectivity index (χ1) is 4.97. The summed E-state index contributed by atoms with van der Waals surface area (Å²) < 4.78 is 10.7. The second kappa shape index (κ2) is 2.89. The van der Waals surface area contributed by atoms with Gasteiger partial charge in [-0.05, 0) is 12.8 Å². The summed E-state index contributed by atoms with van der Waals surface area (Å²) in [6.07, 6.45) is 5.82. The van der Waals surface area contributed by atoms with E-state index in [0.29, 0.717) is 18.8 Å². The Morgan fingerprint density at radius 1 is 1.10 bits per heavy atom. The molecule has 0 amide bonds. The van der Waals surface area contributed by atoms with Gasteiger partial charge in [-0.3, -0.25) is 0 Å². The molecular formula is C8H14O2. The van der Waals surface area contributed by atoms with Crippen molar-refractivity contribution in [1.82, 2.24) is 0 Å². The average Bonchev–Trinajstić information content (AvgIpc) is 2.05. The van der Waals surface area contributed by atoms with Crippen LogP contribution < -0.4 is 0 Å². The second-order valence-electron chi connectivity index (χ2n) is 3.24. The minimum atomic E-state index is 0.529. The maximum Gasteiger partial charge on any atom is 0.147 e. The quantitative estimate of drug-likeness (QED) is 0.511. The normalized spacial score (nSPS) is 40.8. The van der Waals surface area contributed by atoms with Crippen molar-refractivity contribution in [3.8, 4) is 0 Å². The van der Waals surface area contributed by atoms with Gasteiger partial charge in [0.05, 0.1) is 12.7 Å². The first-order valence-electron chi connectivity index (χ1n) is 4.16. The molecule has 58 valence electrons. The van der Waals surface area contributed by atoms with E-state index in [-0.39, 0.29) is 0 Å². The fraction of sp³-hybridized carbons (Fsp3) is 1.00. The molecule has 1 aliphatic carbocycles. The van der Waals surface area contributed by atoms with E-state index in [1.54, 1.807) is 0 Å². The number of hydrogen-bond donors (Lipinski definition) is 0. The highest BCUT2D eigenvalue weighted by molar-refractivity contribution is 4.76. The standard InChI is InChI=1S/C8H14O2/c1-2-4-8-7(3-1)5-9-6-10-8/h7-8H,1-6H2/t7-,8-/m1/s1. The van der Waals surface area contributed by atoms with Crippen LogP contribution in [0.5, 0.6) is 0 Å². The van der Waals surface area contributed by atoms with Gasteiger partial charge in [0.1, 0.15) is 6.79 Å². The number of hydrogen-bond acceptors (Lipinski definition) is 2. The molecule has 2 nitrogen and oxygen atoms in total. The van der Waals surface area contributed by atoms with Crippen LogP contribution in [0.25, 0.3) is 0 Å². The van der Waals surface area contributed by atoms with Gasteiger partial charge in [-0.1, -0.05) is 12.8 Å². The van der Waals surface area contributed by atoms with Crippen LogP contribution in [0.4, 0.5) is 0 Å². The van der Waals surface area contributed by atoms with Crippen LogP contribution in [0.1, 0.15) is 25.7 Å². The van der Waals surface area contributed by atoms with E-state index in [0.717, 1.165) is 6.61 Å². The monoisotopic (exact) mass is 142 g/mol. The van der Waals surface area contributed by atoms with Gasteiger partial charge in [0.25, 0.3) is 0 Å². The zero-order chi connectivity index (χ0) is 6.81. The van der Waals surface area contributed by atoms with Crippen molar-refractivity contribution in [3.63, 3.8) is 0 Å². The molecule has 2 heteroatoms. The Morgan fingerprint density at radius 2 is 2.00 bits per heavy atom. The summed E-state index contributed by atoms with van der Waals surface area (Å²) in [6.45, 7) is 1.46. The lowest BCUT2D eigenvalue weighted by Crippen LogP contribution is -2.36. The van der Waals surface area contributed by atoms with Gasteiger partial charge in [0.15, 0.2) is 0 Å². The minimum Gasteiger partial charge on any atom is -0.355 e. The number of rotatable bonds is 0. The lowest BCUT2D eigenvalue weighted by molar-refractivity contribution is -0.179. The molecule has 10 heavy (non-hydrogen) atoms. The zero-order valence-corrected chi connectivity index (χ0v) is 6.21. The molecule has 2 fully saturated rings. The fourth-order valence-corrected chi connectivity index (χ4v) is 1.92. The summed E-state index contributed by atoms with van der Waals surface area (Å²) in [5.41, 5.74) is 0. The van der Waals surface area contributed by atoms with Crippen molar-refractivity contribution in [2.24, 2.45) is 5.92 Å². The molecule has 0 N–H and O–H groups in total. The topological polar surface area (TPSA) is 18.5 Å². The van der Waals surface area contributed by atoms with E-state index in [1.165, 1.54) is 25.7 Å². The largest absolute Gasteiger partial charge is 0.355 e. The van der Waals surface area contributed by atoms with Gasteiger partial charge < -0.3 is 9.47 Å². The summed E-state index contributed by atoms with van der Waals surface area (Å²) in [4.78, 5) is 0. The summed E-state index contributed by atoms with van der Waals surface area (Å²) in [6, 6.07) is 0. The van der Waals surface area contributed by atoms with Gasteiger partial charge >= 0.3 is 0 Å². The van der Waals surface area contributed by atoms with E-state index < -0.39 is 0 Å². The molecule has 0 radical (unpaired) electrons. The second-order valence-corrected chi connectivity index (χ2v) is 3.24. The average molecular weight is 142 g/mol. The van der Waals surface area contributed by atoms with Crippen molar-refractivity contribution >= 4 is 0 Å². The Labute approximate surface area is 61.5 Å². The van der Waals surface area contributed by atoms with Crippen molar-refractivity contribution in [3.05, 3.63) is 0 Å². The van der Waals surface area contributed by atoms with Crippen LogP contribution in [-0.2, 0) is 9.47 Å². The van der Waals surface area contributed by atoms with E-state index in [1.807, 2.05) is 0 Å². The maximum absolute atomic E-state index is 5.46. The molecule has 0 bridgehead atoms. The highest BCUT2D eigenvalue weighted by Gasteiger charge is 2.28. The van der Waals surface area contributed by atoms with Crippen molar-refractivity contribution < 1.29 is 9.47 Å². The molecule has 0 aromatic rings. The van der Waals surface area contributed by atoms with Crippen LogP contribution in [0.2, 0.25) is 0 Å². The molecule has 2 rings (SSSR count). The highest BCUT2D eigenvalue weighted by atomic mass is 16.7. The Balaban J connectivity index is 1.93. The molecule has 0 spiro atoms. The summed E-state index contributed by atoms with van der Waals surface area (Å²) >= 11 is 0. The third-order valence-corrected chi connectivity index (χ3v) is 2.54. The van der Waals surface area contributed by atoms with E-state index in [4.69, 9.17) is 9.47 Å². The van der Waals surface area contributed by atoms with Gasteiger partial charge in [-0.25, -0.2) is 0 Å². The summed E-state index contributed by atoms with van der Waals surface area (Å²) in [7, 11) is 0. The third-order valence-electron chi connectivity index (χ3n) is 2.54. The maximum atomic E-state index is 5.46. The zero-order valence-electron chi connectivity index (χ0n) is 6.21. The highest BCUT2D eigenvalue weighted by Crippen LogP contribution is 2.29. The van der Waals surface area contributed by atoms with Crippen LogP contribution in [0.3, 0.4) is 0 Å². The van der Waals surface area contributed by atoms with Gasteiger partial charge in [0, 0.05) is 5.92 Å². The molecule has 0 aromatic carbocycles. The lowest BCUT2D eigenvalue weighted by atomic mass is 9.87. The Morgan fingerprint density at radius 3 is 2.90 bits per heavy atom. The summed E-state index contributed by atoms with van der Waals surface area (Å²) in [5, 5.41) is 0. The Kier molecular flexibility index (Phi) is 1.91. The first-order valence-corrected chi connectivity index (χ1v) is 4.16. The summed E-state index contributed by atoms with van der Waals surface area (Å²) in [5.74, 6) is 0.711. The third kappa shape index (κ3) is 1.18. The molecule has 1 aliphatic heterocycles. The number of fused-ring (bicyclic) bond motifs is 1. The SMILES string of the molecule is C1CC[C@H]2OCOC[C@H]2C1. The predicted molar refractivity (Wildman–Crippen MR) is 37.6 cm³/mol. The Hall–Kier alpha value is -0.0800. The van der Waals surface area contributed by atoms with Crippen molar-refractivity contribution in [2.75, 3.05) is 13.4 Å². The van der Waals surface area contributed by atoms with Crippen molar-refractivity contribution in [1.29, 1.82) is 0 Å². The van der Waals surface area contributed by atoms with Crippen molar-refractivity contribution in [2.45, 2.75) is 31.8 Å². The van der Waals surface area contributed by atoms with Gasteiger partial charge in [-0.2, -0.15) is 0 Å². The molecule has 1 heterocycles.